The Hall–Kier alpha value is -0.880. The van der Waals surface area contributed by atoms with Gasteiger partial charge in [0.15, 0.2) is 0 Å². The van der Waals surface area contributed by atoms with Crippen molar-refractivity contribution in [2.24, 2.45) is 0 Å². The Labute approximate surface area is 102 Å². The van der Waals surface area contributed by atoms with Gasteiger partial charge in [-0.05, 0) is 36.4 Å². The monoisotopic (exact) mass is 287 g/mol. The van der Waals surface area contributed by atoms with Gasteiger partial charge in [-0.2, -0.15) is 0 Å². The van der Waals surface area contributed by atoms with Crippen molar-refractivity contribution in [1.29, 1.82) is 0 Å². The first-order valence-electron chi connectivity index (χ1n) is 5.16. The SMILES string of the molecule is CN(C)C1CCN(C(=O)c2cc(Br)no2)C1. The number of nitrogens with zero attached hydrogens (tertiary/aromatic N) is 3. The standard InChI is InChI=1S/C10H14BrN3O2/c1-13(2)7-3-4-14(6-7)10(15)8-5-9(11)12-16-8/h5,7H,3-4,6H2,1-2H3. The summed E-state index contributed by atoms with van der Waals surface area (Å²) in [5, 5.41) is 3.65. The molecule has 16 heavy (non-hydrogen) atoms. The molecule has 1 atom stereocenters. The minimum Gasteiger partial charge on any atom is -0.350 e. The molecule has 88 valence electrons. The van der Waals surface area contributed by atoms with E-state index < -0.39 is 0 Å². The Kier molecular flexibility index (Phi) is 3.30. The van der Waals surface area contributed by atoms with Crippen LogP contribution in [0.5, 0.6) is 0 Å². The summed E-state index contributed by atoms with van der Waals surface area (Å²) in [6, 6.07) is 2.04. The maximum absolute atomic E-state index is 12.0. The lowest BCUT2D eigenvalue weighted by Crippen LogP contribution is -2.34. The van der Waals surface area contributed by atoms with Crippen molar-refractivity contribution >= 4 is 21.8 Å². The van der Waals surface area contributed by atoms with Gasteiger partial charge in [-0.25, -0.2) is 0 Å². The zero-order valence-electron chi connectivity index (χ0n) is 9.31. The van der Waals surface area contributed by atoms with Crippen LogP contribution < -0.4 is 0 Å². The van der Waals surface area contributed by atoms with Crippen LogP contribution in [-0.4, -0.2) is 54.1 Å². The van der Waals surface area contributed by atoms with Crippen molar-refractivity contribution in [3.8, 4) is 0 Å². The number of carbonyl (C=O) groups excluding carboxylic acids is 1. The second-order valence-electron chi connectivity index (χ2n) is 4.17. The van der Waals surface area contributed by atoms with Crippen LogP contribution in [0.3, 0.4) is 0 Å². The summed E-state index contributed by atoms with van der Waals surface area (Å²) in [5.41, 5.74) is 0. The molecule has 2 rings (SSSR count). The maximum atomic E-state index is 12.0. The van der Waals surface area contributed by atoms with E-state index >= 15 is 0 Å². The molecular weight excluding hydrogens is 274 g/mol. The fraction of sp³-hybridized carbons (Fsp3) is 0.600. The quantitative estimate of drug-likeness (QED) is 0.821. The van der Waals surface area contributed by atoms with E-state index in [1.165, 1.54) is 0 Å². The van der Waals surface area contributed by atoms with E-state index in [0.717, 1.165) is 19.5 Å². The van der Waals surface area contributed by atoms with Crippen molar-refractivity contribution in [2.75, 3.05) is 27.2 Å². The molecule has 1 aliphatic heterocycles. The topological polar surface area (TPSA) is 49.6 Å². The normalized spacial score (nSPS) is 20.8. The maximum Gasteiger partial charge on any atom is 0.292 e. The average molecular weight is 288 g/mol. The molecule has 5 nitrogen and oxygen atoms in total. The number of rotatable bonds is 2. The smallest absolute Gasteiger partial charge is 0.292 e. The van der Waals surface area contributed by atoms with Crippen molar-refractivity contribution in [1.82, 2.24) is 15.0 Å². The van der Waals surface area contributed by atoms with Crippen LogP contribution in [0.15, 0.2) is 15.2 Å². The highest BCUT2D eigenvalue weighted by atomic mass is 79.9. The van der Waals surface area contributed by atoms with E-state index in [0.29, 0.717) is 16.4 Å². The molecule has 0 aliphatic carbocycles. The van der Waals surface area contributed by atoms with E-state index in [2.05, 4.69) is 26.0 Å². The molecule has 1 aliphatic rings. The lowest BCUT2D eigenvalue weighted by atomic mass is 10.2. The van der Waals surface area contributed by atoms with Gasteiger partial charge in [0.05, 0.1) is 0 Å². The summed E-state index contributed by atoms with van der Waals surface area (Å²) < 4.78 is 5.49. The summed E-state index contributed by atoms with van der Waals surface area (Å²) in [7, 11) is 4.06. The largest absolute Gasteiger partial charge is 0.350 e. The highest BCUT2D eigenvalue weighted by molar-refractivity contribution is 9.10. The zero-order valence-corrected chi connectivity index (χ0v) is 10.9. The van der Waals surface area contributed by atoms with Gasteiger partial charge in [-0.3, -0.25) is 4.79 Å². The van der Waals surface area contributed by atoms with E-state index in [-0.39, 0.29) is 5.91 Å². The Balaban J connectivity index is 2.02. The Bertz CT molecular complexity index is 391. The van der Waals surface area contributed by atoms with E-state index in [1.807, 2.05) is 14.1 Å². The van der Waals surface area contributed by atoms with Gasteiger partial charge >= 0.3 is 0 Å². The first kappa shape index (κ1) is 11.6. The van der Waals surface area contributed by atoms with Crippen LogP contribution in [0.1, 0.15) is 17.0 Å². The molecule has 1 amide bonds. The molecule has 1 fully saturated rings. The summed E-state index contributed by atoms with van der Waals surface area (Å²) in [6.07, 6.45) is 1.01. The Morgan fingerprint density at radius 1 is 1.69 bits per heavy atom. The molecule has 6 heteroatoms. The van der Waals surface area contributed by atoms with Gasteiger partial charge in [0.1, 0.15) is 4.60 Å². The molecule has 0 spiro atoms. The molecule has 0 radical (unpaired) electrons. The third-order valence-electron chi connectivity index (χ3n) is 2.87. The average Bonchev–Trinajstić information content (AvgIpc) is 2.84. The number of carbonyl (C=O) groups is 1. The van der Waals surface area contributed by atoms with Crippen molar-refractivity contribution in [2.45, 2.75) is 12.5 Å². The van der Waals surface area contributed by atoms with Gasteiger partial charge < -0.3 is 14.3 Å². The number of likely N-dealkylation sites (tertiary alicyclic amines) is 1. The number of amides is 1. The highest BCUT2D eigenvalue weighted by Crippen LogP contribution is 2.18. The minimum atomic E-state index is -0.0810. The van der Waals surface area contributed by atoms with Gasteiger partial charge in [0.2, 0.25) is 5.76 Å². The predicted molar refractivity (Wildman–Crippen MR) is 62.2 cm³/mol. The van der Waals surface area contributed by atoms with Gasteiger partial charge in [0, 0.05) is 25.2 Å². The fourth-order valence-corrected chi connectivity index (χ4v) is 2.14. The lowest BCUT2D eigenvalue weighted by Gasteiger charge is -2.19. The molecule has 0 bridgehead atoms. The second-order valence-corrected chi connectivity index (χ2v) is 4.98. The first-order chi connectivity index (χ1) is 7.58. The van der Waals surface area contributed by atoms with Crippen LogP contribution in [0.4, 0.5) is 0 Å². The van der Waals surface area contributed by atoms with E-state index in [9.17, 15) is 4.79 Å². The van der Waals surface area contributed by atoms with Crippen LogP contribution in [0, 0.1) is 0 Å². The Morgan fingerprint density at radius 3 is 2.94 bits per heavy atom. The predicted octanol–water partition coefficient (Wildman–Crippen LogP) is 1.21. The molecule has 0 N–H and O–H groups in total. The number of hydrogen-bond donors (Lipinski definition) is 0. The number of likely N-dealkylation sites (N-methyl/N-ethyl adjacent to an activating group) is 1. The molecule has 1 unspecified atom stereocenters. The molecule has 1 aromatic heterocycles. The molecule has 0 aromatic carbocycles. The van der Waals surface area contributed by atoms with Crippen LogP contribution in [0.25, 0.3) is 0 Å². The van der Waals surface area contributed by atoms with Crippen molar-refractivity contribution < 1.29 is 9.32 Å². The first-order valence-corrected chi connectivity index (χ1v) is 5.95. The summed E-state index contributed by atoms with van der Waals surface area (Å²) >= 11 is 3.16. The summed E-state index contributed by atoms with van der Waals surface area (Å²) in [5.74, 6) is 0.217. The third-order valence-corrected chi connectivity index (χ3v) is 3.25. The van der Waals surface area contributed by atoms with Crippen LogP contribution >= 0.6 is 15.9 Å². The molecule has 1 saturated heterocycles. The number of halogens is 1. The van der Waals surface area contributed by atoms with Crippen LogP contribution in [-0.2, 0) is 0 Å². The van der Waals surface area contributed by atoms with Crippen molar-refractivity contribution in [3.05, 3.63) is 16.4 Å². The highest BCUT2D eigenvalue weighted by Gasteiger charge is 2.29. The van der Waals surface area contributed by atoms with Crippen molar-refractivity contribution in [3.63, 3.8) is 0 Å². The fourth-order valence-electron chi connectivity index (χ4n) is 1.86. The van der Waals surface area contributed by atoms with Crippen LogP contribution in [0.2, 0.25) is 0 Å². The Morgan fingerprint density at radius 2 is 2.44 bits per heavy atom. The van der Waals surface area contributed by atoms with E-state index in [1.54, 1.807) is 11.0 Å². The van der Waals surface area contributed by atoms with Gasteiger partial charge in [-0.1, -0.05) is 5.16 Å². The lowest BCUT2D eigenvalue weighted by molar-refractivity contribution is 0.0741. The third kappa shape index (κ3) is 2.27. The van der Waals surface area contributed by atoms with Gasteiger partial charge in [0.25, 0.3) is 5.91 Å². The molecule has 1 aromatic rings. The minimum absolute atomic E-state index is 0.0810. The second kappa shape index (κ2) is 4.55. The zero-order chi connectivity index (χ0) is 11.7. The van der Waals surface area contributed by atoms with E-state index in [4.69, 9.17) is 4.52 Å². The molecule has 2 heterocycles. The molecular formula is C10H14BrN3O2. The summed E-state index contributed by atoms with van der Waals surface area (Å²) in [6.45, 7) is 1.53. The van der Waals surface area contributed by atoms with Gasteiger partial charge in [-0.15, -0.1) is 0 Å². The summed E-state index contributed by atoms with van der Waals surface area (Å²) in [4.78, 5) is 15.9. The number of aromatic nitrogens is 1. The number of hydrogen-bond acceptors (Lipinski definition) is 4. The molecule has 0 saturated carbocycles.